The van der Waals surface area contributed by atoms with Gasteiger partial charge in [0.1, 0.15) is 25.1 Å². The molecular formula is C43H31N3OSi. The lowest BCUT2D eigenvalue weighted by Gasteiger charge is -2.40. The van der Waals surface area contributed by atoms with E-state index in [1.54, 1.807) is 0 Å². The topological polar surface area (TPSA) is 34.2 Å². The first-order valence-corrected chi connectivity index (χ1v) is 19.5. The fourth-order valence-electron chi connectivity index (χ4n) is 7.89. The molecular weight excluding hydrogens is 603 g/mol. The Balaban J connectivity index is 1.12. The molecule has 0 aliphatic carbocycles. The molecule has 0 unspecified atom stereocenters. The van der Waals surface area contributed by atoms with E-state index in [1.807, 2.05) is 0 Å². The van der Waals surface area contributed by atoms with Gasteiger partial charge in [0.2, 0.25) is 0 Å². The van der Waals surface area contributed by atoms with E-state index in [0.29, 0.717) is 0 Å². The van der Waals surface area contributed by atoms with Gasteiger partial charge in [0.25, 0.3) is 0 Å². The number of aromatic nitrogens is 2. The van der Waals surface area contributed by atoms with Crippen molar-refractivity contribution in [2.24, 2.45) is 0 Å². The van der Waals surface area contributed by atoms with E-state index in [9.17, 15) is 0 Å². The lowest BCUT2D eigenvalue weighted by atomic mass is 10.1. The molecule has 0 N–H and O–H groups in total. The zero-order valence-electron chi connectivity index (χ0n) is 26.7. The van der Waals surface area contributed by atoms with Crippen LogP contribution in [0.4, 0.5) is 17.2 Å². The van der Waals surface area contributed by atoms with Crippen LogP contribution in [0.5, 0.6) is 0 Å². The molecule has 1 aliphatic rings. The molecule has 4 nitrogen and oxygen atoms in total. The van der Waals surface area contributed by atoms with Gasteiger partial charge < -0.3 is 8.98 Å². The monoisotopic (exact) mass is 633 g/mol. The summed E-state index contributed by atoms with van der Waals surface area (Å²) in [7, 11) is -1.87. The SMILES string of the molecule is C[Si]1(C)c2ccccc2N(c2cccc(-c3ccc4oc5ccc(-n6c7ccccc7c7ccccc76)cc5c4c3)n2)c2ccccc21. The molecule has 0 radical (unpaired) electrons. The zero-order chi connectivity index (χ0) is 32.0. The molecule has 1 aliphatic heterocycles. The Morgan fingerprint density at radius 3 is 1.79 bits per heavy atom. The van der Waals surface area contributed by atoms with E-state index in [1.165, 1.54) is 43.6 Å². The van der Waals surface area contributed by atoms with Crippen molar-refractivity contribution >= 4 is 79.4 Å². The van der Waals surface area contributed by atoms with Crippen LogP contribution in [-0.4, -0.2) is 17.6 Å². The van der Waals surface area contributed by atoms with Crippen molar-refractivity contribution in [1.29, 1.82) is 0 Å². The van der Waals surface area contributed by atoms with Crippen molar-refractivity contribution in [2.45, 2.75) is 13.1 Å². The first-order valence-electron chi connectivity index (χ1n) is 16.5. The van der Waals surface area contributed by atoms with Crippen LogP contribution in [0.2, 0.25) is 13.1 Å². The zero-order valence-corrected chi connectivity index (χ0v) is 27.7. The minimum Gasteiger partial charge on any atom is -0.456 e. The second-order valence-corrected chi connectivity index (χ2v) is 17.6. The quantitative estimate of drug-likeness (QED) is 0.182. The second-order valence-electron chi connectivity index (χ2n) is 13.2. The third-order valence-electron chi connectivity index (χ3n) is 10.2. The molecule has 10 rings (SSSR count). The molecule has 228 valence electrons. The first-order chi connectivity index (χ1) is 23.6. The van der Waals surface area contributed by atoms with Crippen LogP contribution in [0, 0.1) is 0 Å². The van der Waals surface area contributed by atoms with Gasteiger partial charge in [-0.3, -0.25) is 4.90 Å². The van der Waals surface area contributed by atoms with E-state index >= 15 is 0 Å². The molecule has 4 heterocycles. The van der Waals surface area contributed by atoms with Crippen LogP contribution in [0.3, 0.4) is 0 Å². The third kappa shape index (κ3) is 3.85. The number of rotatable bonds is 3. The highest BCUT2D eigenvalue weighted by atomic mass is 28.3. The summed E-state index contributed by atoms with van der Waals surface area (Å²) in [5, 5.41) is 7.54. The molecule has 5 heteroatoms. The third-order valence-corrected chi connectivity index (χ3v) is 13.7. The standard InChI is InChI=1S/C43H31N3OSi/c1-48(2)41-19-9-7-17-37(41)46(38-18-8-10-20-42(38)48)43-21-11-14-34(44-43)28-22-24-39-32(26-28)33-27-29(23-25-40(33)47-39)45-35-15-5-3-12-30(35)31-13-4-6-16-36(31)45/h3-27H,1-2H3. The normalized spacial score (nSPS) is 13.8. The number of benzene rings is 6. The number of pyridine rings is 1. The molecule has 48 heavy (non-hydrogen) atoms. The highest BCUT2D eigenvalue weighted by Crippen LogP contribution is 2.39. The number of hydrogen-bond acceptors (Lipinski definition) is 3. The molecule has 0 atom stereocenters. The summed E-state index contributed by atoms with van der Waals surface area (Å²) in [5.41, 5.74) is 9.69. The highest BCUT2D eigenvalue weighted by molar-refractivity contribution is 7.02. The maximum absolute atomic E-state index is 6.37. The van der Waals surface area contributed by atoms with Gasteiger partial charge in [0.05, 0.1) is 16.7 Å². The molecule has 3 aromatic heterocycles. The van der Waals surface area contributed by atoms with Crippen LogP contribution in [0.1, 0.15) is 0 Å². The Kier molecular flexibility index (Phi) is 5.70. The predicted molar refractivity (Wildman–Crippen MR) is 203 cm³/mol. The van der Waals surface area contributed by atoms with E-state index < -0.39 is 8.07 Å². The highest BCUT2D eigenvalue weighted by Gasteiger charge is 2.38. The van der Waals surface area contributed by atoms with Crippen molar-refractivity contribution < 1.29 is 4.42 Å². The molecule has 0 amide bonds. The summed E-state index contributed by atoms with van der Waals surface area (Å²) in [5.74, 6) is 0.919. The lowest BCUT2D eigenvalue weighted by molar-refractivity contribution is 0.669. The lowest BCUT2D eigenvalue weighted by Crippen LogP contribution is -2.58. The number of anilines is 3. The maximum Gasteiger partial charge on any atom is 0.138 e. The molecule has 0 saturated carbocycles. The fraction of sp³-hybridized carbons (Fsp3) is 0.0465. The van der Waals surface area contributed by atoms with Gasteiger partial charge in [0, 0.05) is 44.2 Å². The summed E-state index contributed by atoms with van der Waals surface area (Å²) >= 11 is 0. The molecule has 0 spiro atoms. The molecule has 0 saturated heterocycles. The van der Waals surface area contributed by atoms with Gasteiger partial charge in [-0.05, 0) is 83.2 Å². The van der Waals surface area contributed by atoms with Crippen molar-refractivity contribution in [3.05, 3.63) is 152 Å². The van der Waals surface area contributed by atoms with Crippen LogP contribution in [0.25, 0.3) is 60.7 Å². The summed E-state index contributed by atoms with van der Waals surface area (Å²) in [6.45, 7) is 4.89. The van der Waals surface area contributed by atoms with Crippen LogP contribution in [-0.2, 0) is 0 Å². The Morgan fingerprint density at radius 1 is 0.521 bits per heavy atom. The summed E-state index contributed by atoms with van der Waals surface area (Å²) in [6, 6.07) is 54.3. The van der Waals surface area contributed by atoms with Gasteiger partial charge in [-0.25, -0.2) is 4.98 Å². The van der Waals surface area contributed by atoms with Gasteiger partial charge in [-0.1, -0.05) is 92.0 Å². The van der Waals surface area contributed by atoms with Crippen molar-refractivity contribution in [3.8, 4) is 16.9 Å². The Bertz CT molecular complexity index is 2630. The van der Waals surface area contributed by atoms with Gasteiger partial charge in [-0.15, -0.1) is 0 Å². The van der Waals surface area contributed by atoms with E-state index in [0.717, 1.165) is 44.7 Å². The fourth-order valence-corrected chi connectivity index (χ4v) is 10.9. The Hall–Kier alpha value is -5.91. The van der Waals surface area contributed by atoms with Crippen LogP contribution in [0.15, 0.2) is 156 Å². The van der Waals surface area contributed by atoms with Crippen molar-refractivity contribution in [3.63, 3.8) is 0 Å². The minimum atomic E-state index is -1.87. The Morgan fingerprint density at radius 2 is 1.10 bits per heavy atom. The average molecular weight is 634 g/mol. The van der Waals surface area contributed by atoms with Crippen molar-refractivity contribution in [1.82, 2.24) is 9.55 Å². The van der Waals surface area contributed by atoms with Gasteiger partial charge >= 0.3 is 0 Å². The Labute approximate surface area is 279 Å². The van der Waals surface area contributed by atoms with Crippen LogP contribution < -0.4 is 15.3 Å². The number of hydrogen-bond donors (Lipinski definition) is 0. The first kappa shape index (κ1) is 27.2. The number of para-hydroxylation sites is 4. The van der Waals surface area contributed by atoms with Gasteiger partial charge in [0.15, 0.2) is 0 Å². The predicted octanol–water partition coefficient (Wildman–Crippen LogP) is 10.4. The van der Waals surface area contributed by atoms with Crippen molar-refractivity contribution in [2.75, 3.05) is 4.90 Å². The van der Waals surface area contributed by atoms with Crippen LogP contribution >= 0.6 is 0 Å². The molecule has 6 aromatic carbocycles. The smallest absolute Gasteiger partial charge is 0.138 e. The maximum atomic E-state index is 6.37. The summed E-state index contributed by atoms with van der Waals surface area (Å²) in [4.78, 5) is 7.66. The minimum absolute atomic E-state index is 0.871. The summed E-state index contributed by atoms with van der Waals surface area (Å²) < 4.78 is 8.73. The largest absolute Gasteiger partial charge is 0.456 e. The number of fused-ring (bicyclic) bond motifs is 8. The second kappa shape index (κ2) is 10.0. The van der Waals surface area contributed by atoms with Gasteiger partial charge in [-0.2, -0.15) is 0 Å². The number of nitrogens with zero attached hydrogens (tertiary/aromatic N) is 3. The summed E-state index contributed by atoms with van der Waals surface area (Å²) in [6.07, 6.45) is 0. The van der Waals surface area contributed by atoms with E-state index in [2.05, 4.69) is 174 Å². The molecule has 9 aromatic rings. The molecule has 0 bridgehead atoms. The number of furan rings is 1. The molecule has 0 fully saturated rings. The van der Waals surface area contributed by atoms with E-state index in [4.69, 9.17) is 9.40 Å². The van der Waals surface area contributed by atoms with E-state index in [-0.39, 0.29) is 0 Å². The average Bonchev–Trinajstić information content (AvgIpc) is 3.67.